The van der Waals surface area contributed by atoms with E-state index in [4.69, 9.17) is 0 Å². The van der Waals surface area contributed by atoms with Crippen LogP contribution in [0, 0.1) is 11.6 Å². The Morgan fingerprint density at radius 1 is 1.13 bits per heavy atom. The molecular weight excluding hydrogens is 422 g/mol. The van der Waals surface area contributed by atoms with Crippen LogP contribution in [0.5, 0.6) is 0 Å². The minimum absolute atomic E-state index is 0.0478. The van der Waals surface area contributed by atoms with Gasteiger partial charge in [-0.15, -0.1) is 0 Å². The van der Waals surface area contributed by atoms with Crippen molar-refractivity contribution < 1.29 is 18.7 Å². The first-order valence-corrected chi connectivity index (χ1v) is 10.7. The Balaban J connectivity index is 1.67. The van der Waals surface area contributed by atoms with Crippen molar-refractivity contribution in [1.29, 1.82) is 0 Å². The number of benzene rings is 2. The fourth-order valence-electron chi connectivity index (χ4n) is 3.24. The summed E-state index contributed by atoms with van der Waals surface area (Å²) in [5, 5.41) is 16.6. The lowest BCUT2D eigenvalue weighted by molar-refractivity contribution is 0.0826. The van der Waals surface area contributed by atoms with E-state index in [0.717, 1.165) is 29.8 Å². The van der Waals surface area contributed by atoms with Gasteiger partial charge in [-0.3, -0.25) is 4.79 Å². The third kappa shape index (κ3) is 6.88. The quantitative estimate of drug-likeness (QED) is 0.446. The van der Waals surface area contributed by atoms with E-state index in [1.807, 2.05) is 12.1 Å². The number of aliphatic hydroxyl groups excluding tert-OH is 1. The first-order chi connectivity index (χ1) is 14.9. The SMILES string of the molecule is CCc1cccc(CNCC(O)C(Cc2cc(F)cc(F)c2)NC(=O)c2cnsn2)c1. The molecule has 3 aromatic rings. The summed E-state index contributed by atoms with van der Waals surface area (Å²) < 4.78 is 34.9. The zero-order valence-corrected chi connectivity index (χ0v) is 17.8. The van der Waals surface area contributed by atoms with Crippen LogP contribution in [0.1, 0.15) is 34.1 Å². The van der Waals surface area contributed by atoms with E-state index >= 15 is 0 Å². The van der Waals surface area contributed by atoms with Crippen molar-refractivity contribution in [3.63, 3.8) is 0 Å². The van der Waals surface area contributed by atoms with Crippen LogP contribution in [0.4, 0.5) is 8.78 Å². The summed E-state index contributed by atoms with van der Waals surface area (Å²) in [7, 11) is 0. The van der Waals surface area contributed by atoms with Crippen LogP contribution in [0.15, 0.2) is 48.7 Å². The van der Waals surface area contributed by atoms with E-state index in [1.54, 1.807) is 0 Å². The first-order valence-electron chi connectivity index (χ1n) is 9.94. The van der Waals surface area contributed by atoms with Crippen molar-refractivity contribution in [3.8, 4) is 0 Å². The molecule has 164 valence electrons. The van der Waals surface area contributed by atoms with Crippen LogP contribution in [0.2, 0.25) is 0 Å². The Hall–Kier alpha value is -2.75. The van der Waals surface area contributed by atoms with Crippen molar-refractivity contribution >= 4 is 17.6 Å². The fraction of sp³-hybridized carbons (Fsp3) is 0.318. The van der Waals surface area contributed by atoms with Crippen molar-refractivity contribution in [1.82, 2.24) is 19.4 Å². The summed E-state index contributed by atoms with van der Waals surface area (Å²) in [5.41, 5.74) is 2.74. The summed E-state index contributed by atoms with van der Waals surface area (Å²) in [6, 6.07) is 10.5. The third-order valence-electron chi connectivity index (χ3n) is 4.84. The molecule has 2 atom stereocenters. The van der Waals surface area contributed by atoms with Gasteiger partial charge in [-0.25, -0.2) is 8.78 Å². The highest BCUT2D eigenvalue weighted by Gasteiger charge is 2.24. The highest BCUT2D eigenvalue weighted by molar-refractivity contribution is 6.99. The van der Waals surface area contributed by atoms with E-state index in [0.29, 0.717) is 12.1 Å². The number of hydrogen-bond donors (Lipinski definition) is 3. The average Bonchev–Trinajstić information content (AvgIpc) is 3.28. The van der Waals surface area contributed by atoms with Gasteiger partial charge >= 0.3 is 0 Å². The van der Waals surface area contributed by atoms with Gasteiger partial charge in [-0.05, 0) is 41.7 Å². The molecule has 1 aromatic heterocycles. The van der Waals surface area contributed by atoms with Gasteiger partial charge in [0.05, 0.1) is 30.1 Å². The van der Waals surface area contributed by atoms with Gasteiger partial charge in [0.15, 0.2) is 5.69 Å². The summed E-state index contributed by atoms with van der Waals surface area (Å²) in [5.74, 6) is -1.94. The fourth-order valence-corrected chi connectivity index (χ4v) is 3.65. The second-order valence-electron chi connectivity index (χ2n) is 7.23. The van der Waals surface area contributed by atoms with Gasteiger partial charge in [-0.2, -0.15) is 8.75 Å². The van der Waals surface area contributed by atoms with Crippen LogP contribution < -0.4 is 10.6 Å². The number of carbonyl (C=O) groups excluding carboxylic acids is 1. The van der Waals surface area contributed by atoms with E-state index in [2.05, 4.69) is 38.4 Å². The van der Waals surface area contributed by atoms with Crippen LogP contribution in [-0.4, -0.2) is 38.5 Å². The number of rotatable bonds is 10. The van der Waals surface area contributed by atoms with Crippen molar-refractivity contribution in [3.05, 3.63) is 82.7 Å². The maximum atomic E-state index is 13.6. The number of amides is 1. The average molecular weight is 447 g/mol. The molecule has 0 bridgehead atoms. The Morgan fingerprint density at radius 2 is 1.87 bits per heavy atom. The highest BCUT2D eigenvalue weighted by Crippen LogP contribution is 2.13. The van der Waals surface area contributed by atoms with Crippen molar-refractivity contribution in [2.75, 3.05) is 6.54 Å². The molecule has 0 saturated heterocycles. The molecule has 2 unspecified atom stereocenters. The molecule has 0 radical (unpaired) electrons. The molecule has 0 aliphatic rings. The molecule has 0 aliphatic heterocycles. The van der Waals surface area contributed by atoms with Gasteiger partial charge in [0.2, 0.25) is 0 Å². The Morgan fingerprint density at radius 3 is 2.55 bits per heavy atom. The van der Waals surface area contributed by atoms with Gasteiger partial charge in [0.1, 0.15) is 11.6 Å². The second kappa shape index (κ2) is 11.0. The van der Waals surface area contributed by atoms with E-state index in [-0.39, 0.29) is 18.7 Å². The highest BCUT2D eigenvalue weighted by atomic mass is 32.1. The van der Waals surface area contributed by atoms with Crippen LogP contribution in [-0.2, 0) is 19.4 Å². The lowest BCUT2D eigenvalue weighted by Crippen LogP contribution is -2.48. The number of nitrogens with one attached hydrogen (secondary N) is 2. The van der Waals surface area contributed by atoms with E-state index in [9.17, 15) is 18.7 Å². The van der Waals surface area contributed by atoms with Gasteiger partial charge in [0, 0.05) is 19.2 Å². The molecule has 0 aliphatic carbocycles. The third-order valence-corrected chi connectivity index (χ3v) is 5.31. The molecule has 3 rings (SSSR count). The number of hydrogen-bond acceptors (Lipinski definition) is 6. The number of aromatic nitrogens is 2. The molecule has 0 fully saturated rings. The number of nitrogens with zero attached hydrogens (tertiary/aromatic N) is 2. The lowest BCUT2D eigenvalue weighted by Gasteiger charge is -2.24. The van der Waals surface area contributed by atoms with Crippen molar-refractivity contribution in [2.45, 2.75) is 38.5 Å². The van der Waals surface area contributed by atoms with Gasteiger partial charge in [0.25, 0.3) is 5.91 Å². The summed E-state index contributed by atoms with van der Waals surface area (Å²) in [6.45, 7) is 2.79. The van der Waals surface area contributed by atoms with Gasteiger partial charge < -0.3 is 15.7 Å². The number of carbonyl (C=O) groups is 1. The Bertz CT molecular complexity index is 981. The zero-order chi connectivity index (χ0) is 22.2. The molecule has 1 amide bonds. The topological polar surface area (TPSA) is 87.1 Å². The first kappa shape index (κ1) is 22.9. The second-order valence-corrected chi connectivity index (χ2v) is 7.78. The summed E-state index contributed by atoms with van der Waals surface area (Å²) >= 11 is 0.891. The van der Waals surface area contributed by atoms with E-state index < -0.39 is 29.7 Å². The number of aryl methyl sites for hydroxylation is 1. The predicted octanol–water partition coefficient (Wildman–Crippen LogP) is 2.87. The predicted molar refractivity (Wildman–Crippen MR) is 115 cm³/mol. The molecular formula is C22H24F2N4O2S. The van der Waals surface area contributed by atoms with Crippen LogP contribution >= 0.6 is 11.7 Å². The standard InChI is InChI=1S/C22H24F2N4O2S/c1-2-14-4-3-5-15(6-14)11-25-13-21(29)19(27-22(30)20-12-26-31-28-20)9-16-7-17(23)10-18(24)8-16/h3-8,10,12,19,21,25,29H,2,9,11,13H2,1H3,(H,27,30). The molecule has 0 saturated carbocycles. The Kier molecular flexibility index (Phi) is 8.16. The maximum absolute atomic E-state index is 13.6. The summed E-state index contributed by atoms with van der Waals surface area (Å²) in [6.07, 6.45) is 1.30. The number of aliphatic hydroxyl groups is 1. The molecule has 1 heterocycles. The maximum Gasteiger partial charge on any atom is 0.272 e. The smallest absolute Gasteiger partial charge is 0.272 e. The monoisotopic (exact) mass is 446 g/mol. The Labute approximate surface area is 183 Å². The molecule has 3 N–H and O–H groups in total. The van der Waals surface area contributed by atoms with Crippen molar-refractivity contribution in [2.24, 2.45) is 0 Å². The van der Waals surface area contributed by atoms with Crippen LogP contribution in [0.3, 0.4) is 0 Å². The van der Waals surface area contributed by atoms with E-state index in [1.165, 1.54) is 23.9 Å². The van der Waals surface area contributed by atoms with Crippen LogP contribution in [0.25, 0.3) is 0 Å². The van der Waals surface area contributed by atoms with Gasteiger partial charge in [-0.1, -0.05) is 31.2 Å². The molecule has 2 aromatic carbocycles. The molecule has 9 heteroatoms. The molecule has 0 spiro atoms. The number of halogens is 2. The largest absolute Gasteiger partial charge is 0.390 e. The zero-order valence-electron chi connectivity index (χ0n) is 17.0. The normalized spacial score (nSPS) is 13.0. The minimum Gasteiger partial charge on any atom is -0.390 e. The minimum atomic E-state index is -1.00. The summed E-state index contributed by atoms with van der Waals surface area (Å²) in [4.78, 5) is 12.4. The molecule has 31 heavy (non-hydrogen) atoms. The molecule has 6 nitrogen and oxygen atoms in total. The lowest BCUT2D eigenvalue weighted by atomic mass is 10.00.